The molecule has 208 valence electrons. The molecule has 0 fully saturated rings. The first-order chi connectivity index (χ1) is 22.3. The Kier molecular flexibility index (Phi) is 5.06. The monoisotopic (exact) mass is 570 g/mol. The Morgan fingerprint density at radius 2 is 1.00 bits per heavy atom. The molecule has 1 heteroatoms. The summed E-state index contributed by atoms with van der Waals surface area (Å²) in [5, 5.41) is 12.4. The number of hydrogen-bond acceptors (Lipinski definition) is 1. The van der Waals surface area contributed by atoms with Crippen molar-refractivity contribution < 1.29 is 4.74 Å². The van der Waals surface area contributed by atoms with Gasteiger partial charge in [-0.05, 0) is 94.5 Å². The van der Waals surface area contributed by atoms with E-state index in [1.54, 1.807) is 0 Å². The highest BCUT2D eigenvalue weighted by atomic mass is 16.5. The Bertz CT molecular complexity index is 2670. The van der Waals surface area contributed by atoms with Gasteiger partial charge in [-0.2, -0.15) is 0 Å². The fourth-order valence-corrected chi connectivity index (χ4v) is 7.70. The second-order valence-corrected chi connectivity index (χ2v) is 12.0. The molecule has 45 heavy (non-hydrogen) atoms. The second kappa shape index (κ2) is 9.29. The predicted octanol–water partition coefficient (Wildman–Crippen LogP) is 12.6. The maximum absolute atomic E-state index is 6.67. The lowest BCUT2D eigenvalue weighted by molar-refractivity contribution is 0.488. The first-order valence-electron chi connectivity index (χ1n) is 15.5. The van der Waals surface area contributed by atoms with Gasteiger partial charge in [-0.15, -0.1) is 0 Å². The Hall–Kier alpha value is -5.92. The largest absolute Gasteiger partial charge is 0.456 e. The lowest BCUT2D eigenvalue weighted by Crippen LogP contribution is -1.98. The van der Waals surface area contributed by atoms with E-state index >= 15 is 0 Å². The molecule has 0 radical (unpaired) electrons. The molecule has 0 aliphatic carbocycles. The highest BCUT2D eigenvalue weighted by Gasteiger charge is 2.24. The third kappa shape index (κ3) is 3.50. The van der Waals surface area contributed by atoms with Crippen LogP contribution in [0.15, 0.2) is 158 Å². The standard InChI is InChI=1S/C44H26O/c1-2-12-28(13-3-1)41-34-17-8-9-18-35(34)42(44-32-16-7-4-11-27(32)21-23-37(41)44)30-22-24-39-38(25-30)36-20-10-19-33-31-15-6-5-14-29(31)26-40(45-39)43(33)36/h1-26H. The molecule has 0 spiro atoms. The van der Waals surface area contributed by atoms with Gasteiger partial charge in [-0.25, -0.2) is 0 Å². The molecule has 1 aliphatic heterocycles. The van der Waals surface area contributed by atoms with Crippen molar-refractivity contribution in [3.8, 4) is 44.9 Å². The van der Waals surface area contributed by atoms with Crippen molar-refractivity contribution in [1.82, 2.24) is 0 Å². The molecular formula is C44H26O. The van der Waals surface area contributed by atoms with Crippen LogP contribution in [0.1, 0.15) is 0 Å². The Labute approximate surface area is 260 Å². The van der Waals surface area contributed by atoms with Crippen LogP contribution in [0.5, 0.6) is 11.5 Å². The van der Waals surface area contributed by atoms with Crippen LogP contribution in [0.3, 0.4) is 0 Å². The van der Waals surface area contributed by atoms with Crippen LogP contribution in [0.2, 0.25) is 0 Å². The van der Waals surface area contributed by atoms with Gasteiger partial charge in [0.2, 0.25) is 0 Å². The van der Waals surface area contributed by atoms with E-state index in [1.807, 2.05) is 0 Å². The summed E-state index contributed by atoms with van der Waals surface area (Å²) in [6.45, 7) is 0. The molecular weight excluding hydrogens is 544 g/mol. The highest BCUT2D eigenvalue weighted by molar-refractivity contribution is 6.28. The van der Waals surface area contributed by atoms with E-state index in [0.717, 1.165) is 17.1 Å². The normalized spacial score (nSPS) is 12.2. The van der Waals surface area contributed by atoms with Crippen molar-refractivity contribution in [1.29, 1.82) is 0 Å². The quantitative estimate of drug-likeness (QED) is 0.148. The molecule has 1 nitrogen and oxygen atoms in total. The molecule has 0 N–H and O–H groups in total. The van der Waals surface area contributed by atoms with E-state index in [0.29, 0.717) is 0 Å². The fraction of sp³-hybridized carbons (Fsp3) is 0. The third-order valence-corrected chi connectivity index (χ3v) is 9.60. The SMILES string of the molecule is c1ccc(-c2c3ccccc3c(-c3ccc4c(c3)-c3cccc5c3c(cc3ccccc35)O4)c3c2ccc2ccccc23)cc1. The maximum atomic E-state index is 6.67. The lowest BCUT2D eigenvalue weighted by atomic mass is 9.83. The molecule has 0 aromatic heterocycles. The molecule has 0 atom stereocenters. The van der Waals surface area contributed by atoms with Crippen molar-refractivity contribution in [3.63, 3.8) is 0 Å². The van der Waals surface area contributed by atoms with Gasteiger partial charge in [-0.3, -0.25) is 0 Å². The molecule has 0 amide bonds. The first kappa shape index (κ1) is 24.5. The first-order valence-corrected chi connectivity index (χ1v) is 15.5. The second-order valence-electron chi connectivity index (χ2n) is 12.0. The van der Waals surface area contributed by atoms with Gasteiger partial charge < -0.3 is 4.74 Å². The summed E-state index contributed by atoms with van der Waals surface area (Å²) in [5.74, 6) is 1.82. The minimum Gasteiger partial charge on any atom is -0.456 e. The van der Waals surface area contributed by atoms with Crippen LogP contribution in [0, 0.1) is 0 Å². The Morgan fingerprint density at radius 1 is 0.311 bits per heavy atom. The number of hydrogen-bond donors (Lipinski definition) is 0. The van der Waals surface area contributed by atoms with Crippen molar-refractivity contribution in [2.24, 2.45) is 0 Å². The predicted molar refractivity (Wildman–Crippen MR) is 190 cm³/mol. The van der Waals surface area contributed by atoms with Crippen LogP contribution in [-0.4, -0.2) is 0 Å². The number of fused-ring (bicyclic) bond motifs is 8. The molecule has 0 saturated carbocycles. The zero-order valence-corrected chi connectivity index (χ0v) is 24.4. The van der Waals surface area contributed by atoms with Crippen LogP contribution < -0.4 is 4.74 Å². The highest BCUT2D eigenvalue weighted by Crippen LogP contribution is 2.51. The Morgan fingerprint density at radius 3 is 1.84 bits per heavy atom. The summed E-state index contributed by atoms with van der Waals surface area (Å²) >= 11 is 0. The van der Waals surface area contributed by atoms with Crippen molar-refractivity contribution in [2.45, 2.75) is 0 Å². The molecule has 0 bridgehead atoms. The summed E-state index contributed by atoms with van der Waals surface area (Å²) in [4.78, 5) is 0. The smallest absolute Gasteiger partial charge is 0.136 e. The molecule has 1 heterocycles. The summed E-state index contributed by atoms with van der Waals surface area (Å²) in [6.07, 6.45) is 0. The number of ether oxygens (including phenoxy) is 1. The van der Waals surface area contributed by atoms with Gasteiger partial charge in [0.1, 0.15) is 11.5 Å². The van der Waals surface area contributed by atoms with E-state index < -0.39 is 0 Å². The van der Waals surface area contributed by atoms with Gasteiger partial charge in [0, 0.05) is 10.9 Å². The summed E-state index contributed by atoms with van der Waals surface area (Å²) in [6, 6.07) is 57.3. The Balaban J connectivity index is 1.33. The van der Waals surface area contributed by atoms with E-state index in [-0.39, 0.29) is 0 Å². The van der Waals surface area contributed by atoms with Crippen LogP contribution in [-0.2, 0) is 0 Å². The van der Waals surface area contributed by atoms with Gasteiger partial charge >= 0.3 is 0 Å². The van der Waals surface area contributed by atoms with Crippen LogP contribution in [0.4, 0.5) is 0 Å². The van der Waals surface area contributed by atoms with Gasteiger partial charge in [-0.1, -0.05) is 140 Å². The third-order valence-electron chi connectivity index (χ3n) is 9.60. The molecule has 9 aromatic rings. The fourth-order valence-electron chi connectivity index (χ4n) is 7.70. The summed E-state index contributed by atoms with van der Waals surface area (Å²) in [5.41, 5.74) is 7.31. The van der Waals surface area contributed by atoms with Crippen molar-refractivity contribution in [3.05, 3.63) is 158 Å². The van der Waals surface area contributed by atoms with E-state index in [2.05, 4.69) is 158 Å². The van der Waals surface area contributed by atoms with Gasteiger partial charge in [0.15, 0.2) is 0 Å². The minimum absolute atomic E-state index is 0.897. The zero-order chi connectivity index (χ0) is 29.5. The van der Waals surface area contributed by atoms with Gasteiger partial charge in [0.25, 0.3) is 0 Å². The molecule has 9 aromatic carbocycles. The maximum Gasteiger partial charge on any atom is 0.136 e. The summed E-state index contributed by atoms with van der Waals surface area (Å²) in [7, 11) is 0. The topological polar surface area (TPSA) is 9.23 Å². The summed E-state index contributed by atoms with van der Waals surface area (Å²) < 4.78 is 6.67. The van der Waals surface area contributed by atoms with E-state index in [1.165, 1.54) is 81.7 Å². The van der Waals surface area contributed by atoms with Crippen LogP contribution in [0.25, 0.3) is 87.2 Å². The lowest BCUT2D eigenvalue weighted by Gasteiger charge is -2.24. The number of rotatable bonds is 2. The van der Waals surface area contributed by atoms with Crippen molar-refractivity contribution in [2.75, 3.05) is 0 Å². The van der Waals surface area contributed by atoms with Crippen LogP contribution >= 0.6 is 0 Å². The average Bonchev–Trinajstić information content (AvgIpc) is 3.11. The molecule has 1 aliphatic rings. The zero-order valence-electron chi connectivity index (χ0n) is 24.4. The van der Waals surface area contributed by atoms with Gasteiger partial charge in [0.05, 0.1) is 0 Å². The molecule has 0 unspecified atom stereocenters. The number of benzene rings is 9. The van der Waals surface area contributed by atoms with E-state index in [4.69, 9.17) is 4.74 Å². The molecule has 0 saturated heterocycles. The van der Waals surface area contributed by atoms with Crippen molar-refractivity contribution >= 4 is 53.9 Å². The minimum atomic E-state index is 0.897. The molecule has 10 rings (SSSR count). The van der Waals surface area contributed by atoms with E-state index in [9.17, 15) is 0 Å². The average molecular weight is 571 g/mol.